The van der Waals surface area contributed by atoms with Gasteiger partial charge >= 0.3 is 0 Å². The number of nitriles is 1. The molecule has 0 aromatic heterocycles. The molecule has 0 heterocycles. The average molecular weight is 191 g/mol. The second-order valence-electron chi connectivity index (χ2n) is 2.93. The van der Waals surface area contributed by atoms with Crippen molar-refractivity contribution in [3.63, 3.8) is 0 Å². The summed E-state index contributed by atoms with van der Waals surface area (Å²) in [6.07, 6.45) is -0.364. The summed E-state index contributed by atoms with van der Waals surface area (Å²) in [5.74, 6) is 0.821. The third-order valence-corrected chi connectivity index (χ3v) is 1.84. The van der Waals surface area contributed by atoms with E-state index in [9.17, 15) is 0 Å². The third kappa shape index (κ3) is 3.08. The molecule has 1 unspecified atom stereocenters. The Morgan fingerprint density at radius 3 is 2.50 bits per heavy atom. The lowest BCUT2D eigenvalue weighted by atomic mass is 10.2. The Kier molecular flexibility index (Phi) is 3.96. The molecule has 0 aliphatic rings. The zero-order valence-electron chi connectivity index (χ0n) is 8.36. The molecular formula is C11H13NO2. The molecule has 0 saturated heterocycles. The van der Waals surface area contributed by atoms with Crippen LogP contribution in [0, 0.1) is 11.3 Å². The summed E-state index contributed by atoms with van der Waals surface area (Å²) in [4.78, 5) is 0. The van der Waals surface area contributed by atoms with Crippen molar-refractivity contribution in [3.8, 4) is 11.8 Å². The molecule has 3 nitrogen and oxygen atoms in total. The van der Waals surface area contributed by atoms with E-state index in [-0.39, 0.29) is 6.10 Å². The van der Waals surface area contributed by atoms with Crippen molar-refractivity contribution < 1.29 is 9.47 Å². The lowest BCUT2D eigenvalue weighted by Gasteiger charge is -2.06. The summed E-state index contributed by atoms with van der Waals surface area (Å²) in [5.41, 5.74) is 1.04. The minimum atomic E-state index is -0.364. The molecule has 0 fully saturated rings. The van der Waals surface area contributed by atoms with E-state index in [1.165, 1.54) is 0 Å². The van der Waals surface area contributed by atoms with Gasteiger partial charge in [-0.2, -0.15) is 5.26 Å². The predicted octanol–water partition coefficient (Wildman–Crippen LogP) is 2.12. The van der Waals surface area contributed by atoms with Crippen molar-refractivity contribution in [1.29, 1.82) is 5.26 Å². The lowest BCUT2D eigenvalue weighted by molar-refractivity contribution is 0.0887. The Hall–Kier alpha value is -1.53. The summed E-state index contributed by atoms with van der Waals surface area (Å²) < 4.78 is 10.3. The van der Waals surface area contributed by atoms with E-state index >= 15 is 0 Å². The molecule has 1 rings (SSSR count). The van der Waals surface area contributed by atoms with Crippen LogP contribution in [0.3, 0.4) is 0 Å². The van der Waals surface area contributed by atoms with Crippen LogP contribution in [-0.2, 0) is 11.3 Å². The van der Waals surface area contributed by atoms with E-state index < -0.39 is 0 Å². The molecule has 74 valence electrons. The van der Waals surface area contributed by atoms with Gasteiger partial charge in [-0.1, -0.05) is 12.1 Å². The van der Waals surface area contributed by atoms with Crippen LogP contribution in [0.2, 0.25) is 0 Å². The monoisotopic (exact) mass is 191 g/mol. The predicted molar refractivity (Wildman–Crippen MR) is 52.9 cm³/mol. The molecule has 0 spiro atoms. The van der Waals surface area contributed by atoms with Crippen LogP contribution in [-0.4, -0.2) is 13.2 Å². The quantitative estimate of drug-likeness (QED) is 0.732. The fraction of sp³-hybridized carbons (Fsp3) is 0.364. The minimum Gasteiger partial charge on any atom is -0.497 e. The fourth-order valence-corrected chi connectivity index (χ4v) is 0.980. The first-order valence-electron chi connectivity index (χ1n) is 4.40. The van der Waals surface area contributed by atoms with Crippen molar-refractivity contribution in [2.75, 3.05) is 7.11 Å². The van der Waals surface area contributed by atoms with Gasteiger partial charge in [0.05, 0.1) is 19.8 Å². The molecule has 3 heteroatoms. The highest BCUT2D eigenvalue weighted by Crippen LogP contribution is 2.12. The van der Waals surface area contributed by atoms with Crippen LogP contribution < -0.4 is 4.74 Å². The van der Waals surface area contributed by atoms with Crippen LogP contribution in [0.15, 0.2) is 24.3 Å². The van der Waals surface area contributed by atoms with Crippen molar-refractivity contribution in [2.24, 2.45) is 0 Å². The Morgan fingerprint density at radius 1 is 1.36 bits per heavy atom. The van der Waals surface area contributed by atoms with E-state index in [0.717, 1.165) is 11.3 Å². The maximum absolute atomic E-state index is 8.50. The lowest BCUT2D eigenvalue weighted by Crippen LogP contribution is -2.04. The molecule has 14 heavy (non-hydrogen) atoms. The van der Waals surface area contributed by atoms with Gasteiger partial charge < -0.3 is 9.47 Å². The van der Waals surface area contributed by atoms with Gasteiger partial charge in [0.25, 0.3) is 0 Å². The van der Waals surface area contributed by atoms with Crippen LogP contribution in [0.1, 0.15) is 12.5 Å². The Bertz CT molecular complexity index is 313. The summed E-state index contributed by atoms with van der Waals surface area (Å²) >= 11 is 0. The van der Waals surface area contributed by atoms with Crippen molar-refractivity contribution in [2.45, 2.75) is 19.6 Å². The van der Waals surface area contributed by atoms with Gasteiger partial charge in [-0.15, -0.1) is 0 Å². The minimum absolute atomic E-state index is 0.364. The highest BCUT2D eigenvalue weighted by molar-refractivity contribution is 5.26. The molecule has 1 aromatic rings. The highest BCUT2D eigenvalue weighted by atomic mass is 16.5. The summed E-state index contributed by atoms with van der Waals surface area (Å²) in [7, 11) is 1.63. The van der Waals surface area contributed by atoms with Gasteiger partial charge in [0.15, 0.2) is 0 Å². The summed E-state index contributed by atoms with van der Waals surface area (Å²) in [6.45, 7) is 2.18. The van der Waals surface area contributed by atoms with Crippen LogP contribution in [0.4, 0.5) is 0 Å². The van der Waals surface area contributed by atoms with Gasteiger partial charge in [-0.05, 0) is 24.6 Å². The van der Waals surface area contributed by atoms with E-state index in [2.05, 4.69) is 0 Å². The van der Waals surface area contributed by atoms with Crippen molar-refractivity contribution >= 4 is 0 Å². The summed E-state index contributed by atoms with van der Waals surface area (Å²) in [6, 6.07) is 9.59. The highest BCUT2D eigenvalue weighted by Gasteiger charge is 1.99. The second-order valence-corrected chi connectivity index (χ2v) is 2.93. The number of nitrogens with zero attached hydrogens (tertiary/aromatic N) is 1. The zero-order valence-corrected chi connectivity index (χ0v) is 8.36. The largest absolute Gasteiger partial charge is 0.497 e. The first-order valence-corrected chi connectivity index (χ1v) is 4.40. The summed E-state index contributed by atoms with van der Waals surface area (Å²) in [5, 5.41) is 8.50. The number of hydrogen-bond acceptors (Lipinski definition) is 3. The molecule has 0 saturated carbocycles. The number of rotatable bonds is 4. The van der Waals surface area contributed by atoms with Gasteiger partial charge in [0, 0.05) is 0 Å². The fourth-order valence-electron chi connectivity index (χ4n) is 0.980. The molecule has 0 aliphatic carbocycles. The van der Waals surface area contributed by atoms with E-state index in [1.54, 1.807) is 14.0 Å². The van der Waals surface area contributed by atoms with Gasteiger partial charge in [-0.3, -0.25) is 0 Å². The Morgan fingerprint density at radius 2 is 2.00 bits per heavy atom. The molecule has 1 atom stereocenters. The molecule has 0 bridgehead atoms. The Labute approximate surface area is 83.9 Å². The van der Waals surface area contributed by atoms with Gasteiger partial charge in [-0.25, -0.2) is 0 Å². The third-order valence-electron chi connectivity index (χ3n) is 1.84. The topological polar surface area (TPSA) is 42.2 Å². The molecule has 0 aliphatic heterocycles. The maximum atomic E-state index is 8.50. The van der Waals surface area contributed by atoms with Crippen molar-refractivity contribution in [1.82, 2.24) is 0 Å². The van der Waals surface area contributed by atoms with Crippen molar-refractivity contribution in [3.05, 3.63) is 29.8 Å². The molecule has 0 radical (unpaired) electrons. The van der Waals surface area contributed by atoms with Crippen LogP contribution >= 0.6 is 0 Å². The number of methoxy groups -OCH3 is 1. The first kappa shape index (κ1) is 10.6. The molecular weight excluding hydrogens is 178 g/mol. The molecule has 1 aromatic carbocycles. The number of ether oxygens (including phenoxy) is 2. The first-order chi connectivity index (χ1) is 6.76. The zero-order chi connectivity index (χ0) is 10.4. The standard InChI is InChI=1S/C11H13NO2/c1-9(7-12)14-8-10-3-5-11(13-2)6-4-10/h3-6,9H,8H2,1-2H3. The van der Waals surface area contributed by atoms with Crippen LogP contribution in [0.5, 0.6) is 5.75 Å². The average Bonchev–Trinajstić information content (AvgIpc) is 2.26. The van der Waals surface area contributed by atoms with E-state index in [0.29, 0.717) is 6.61 Å². The van der Waals surface area contributed by atoms with E-state index in [1.807, 2.05) is 30.3 Å². The number of benzene rings is 1. The number of hydrogen-bond donors (Lipinski definition) is 0. The Balaban J connectivity index is 2.48. The molecule has 0 amide bonds. The second kappa shape index (κ2) is 5.25. The molecule has 0 N–H and O–H groups in total. The van der Waals surface area contributed by atoms with Gasteiger partial charge in [0.2, 0.25) is 0 Å². The van der Waals surface area contributed by atoms with Gasteiger partial charge in [0.1, 0.15) is 11.9 Å². The maximum Gasteiger partial charge on any atom is 0.141 e. The smallest absolute Gasteiger partial charge is 0.141 e. The SMILES string of the molecule is COc1ccc(COC(C)C#N)cc1. The normalized spacial score (nSPS) is 11.8. The van der Waals surface area contributed by atoms with E-state index in [4.69, 9.17) is 14.7 Å². The van der Waals surface area contributed by atoms with Crippen LogP contribution in [0.25, 0.3) is 0 Å².